The van der Waals surface area contributed by atoms with Crippen molar-refractivity contribution in [3.8, 4) is 6.07 Å². The molecule has 2 aromatic carbocycles. The Hall–Kier alpha value is -1.86. The summed E-state index contributed by atoms with van der Waals surface area (Å²) in [5.41, 5.74) is 3.40. The molecule has 3 rings (SSSR count). The normalized spacial score (nSPS) is 14.7. The molecule has 22 heavy (non-hydrogen) atoms. The second-order valence-corrected chi connectivity index (χ2v) is 5.96. The monoisotopic (exact) mass is 329 g/mol. The molecule has 0 fully saturated rings. The zero-order chi connectivity index (χ0) is 15.5. The molecule has 3 nitrogen and oxygen atoms in total. The Morgan fingerprint density at radius 3 is 2.59 bits per heavy atom. The van der Waals surface area contributed by atoms with E-state index in [1.807, 2.05) is 18.2 Å². The van der Waals surface area contributed by atoms with Crippen molar-refractivity contribution >= 4 is 28.9 Å². The van der Waals surface area contributed by atoms with E-state index in [1.54, 1.807) is 12.1 Å². The third kappa shape index (κ3) is 3.15. The zero-order valence-corrected chi connectivity index (χ0v) is 13.3. The molecule has 110 valence electrons. The summed E-state index contributed by atoms with van der Waals surface area (Å²) in [6.07, 6.45) is 0. The molecule has 0 amide bonds. The minimum atomic E-state index is 0.390. The topological polar surface area (TPSA) is 39.4 Å². The predicted octanol–water partition coefficient (Wildman–Crippen LogP) is 4.13. The number of hydrogen-bond acceptors (Lipinski definition) is 3. The van der Waals surface area contributed by atoms with Gasteiger partial charge < -0.3 is 0 Å². The van der Waals surface area contributed by atoms with E-state index in [2.05, 4.69) is 28.1 Å². The number of nitriles is 1. The van der Waals surface area contributed by atoms with Crippen LogP contribution in [0.1, 0.15) is 16.7 Å². The summed E-state index contributed by atoms with van der Waals surface area (Å²) >= 11 is 12.1. The van der Waals surface area contributed by atoms with Crippen molar-refractivity contribution in [1.29, 1.82) is 5.26 Å². The third-order valence-corrected chi connectivity index (χ3v) is 4.30. The van der Waals surface area contributed by atoms with Crippen LogP contribution >= 0.6 is 23.2 Å². The molecule has 1 aliphatic rings. The highest BCUT2D eigenvalue weighted by atomic mass is 35.5. The molecule has 0 saturated heterocycles. The van der Waals surface area contributed by atoms with Crippen molar-refractivity contribution in [2.24, 2.45) is 4.99 Å². The van der Waals surface area contributed by atoms with Crippen LogP contribution in [-0.4, -0.2) is 23.8 Å². The molecular weight excluding hydrogens is 317 g/mol. The summed E-state index contributed by atoms with van der Waals surface area (Å²) in [6, 6.07) is 15.7. The fraction of sp³-hybridized carbons (Fsp3) is 0.176. The molecule has 1 heterocycles. The van der Waals surface area contributed by atoms with E-state index in [1.165, 1.54) is 5.56 Å². The maximum Gasteiger partial charge on any atom is 0.0999 e. The molecule has 0 spiro atoms. The number of benzene rings is 2. The maximum absolute atomic E-state index is 9.27. The number of hydrogen-bond donors (Lipinski definition) is 0. The largest absolute Gasteiger partial charge is 0.274 e. The summed E-state index contributed by atoms with van der Waals surface area (Å²) in [5.74, 6) is 0. The first kappa shape index (κ1) is 15.1. The second-order valence-electron chi connectivity index (χ2n) is 5.14. The van der Waals surface area contributed by atoms with Crippen molar-refractivity contribution in [2.45, 2.75) is 6.54 Å². The summed E-state index contributed by atoms with van der Waals surface area (Å²) in [7, 11) is 0. The van der Waals surface area contributed by atoms with Crippen LogP contribution in [-0.2, 0) is 6.54 Å². The molecule has 2 aromatic rings. The molecule has 0 bridgehead atoms. The molecule has 0 radical (unpaired) electrons. The average Bonchev–Trinajstić information content (AvgIpc) is 2.99. The minimum Gasteiger partial charge on any atom is -0.274 e. The molecule has 0 aromatic heterocycles. The standard InChI is InChI=1S/C17H13Cl2N3/c18-15-6-13(8-20)14(7-16(15)19)17-10-22(11-21-17)9-12-4-2-1-3-5-12/h1-7H,9-11H2. The van der Waals surface area contributed by atoms with Crippen LogP contribution in [0.2, 0.25) is 10.0 Å². The van der Waals surface area contributed by atoms with Gasteiger partial charge in [0.2, 0.25) is 0 Å². The zero-order valence-electron chi connectivity index (χ0n) is 11.8. The average molecular weight is 330 g/mol. The van der Waals surface area contributed by atoms with Gasteiger partial charge in [-0.15, -0.1) is 0 Å². The highest BCUT2D eigenvalue weighted by molar-refractivity contribution is 6.42. The van der Waals surface area contributed by atoms with Gasteiger partial charge in [-0.05, 0) is 17.7 Å². The molecule has 1 aliphatic heterocycles. The Balaban J connectivity index is 1.78. The van der Waals surface area contributed by atoms with Crippen molar-refractivity contribution in [2.75, 3.05) is 13.2 Å². The quantitative estimate of drug-likeness (QED) is 0.849. The van der Waals surface area contributed by atoms with Gasteiger partial charge in [-0.2, -0.15) is 5.26 Å². The fourth-order valence-corrected chi connectivity index (χ4v) is 2.82. The minimum absolute atomic E-state index is 0.390. The highest BCUT2D eigenvalue weighted by Gasteiger charge is 2.20. The molecule has 5 heteroatoms. The van der Waals surface area contributed by atoms with Gasteiger partial charge >= 0.3 is 0 Å². The van der Waals surface area contributed by atoms with E-state index in [9.17, 15) is 5.26 Å². The van der Waals surface area contributed by atoms with Crippen molar-refractivity contribution in [3.63, 3.8) is 0 Å². The van der Waals surface area contributed by atoms with Gasteiger partial charge in [0.05, 0.1) is 34.1 Å². The van der Waals surface area contributed by atoms with E-state index in [0.717, 1.165) is 17.8 Å². The lowest BCUT2D eigenvalue weighted by Crippen LogP contribution is -2.23. The summed E-state index contributed by atoms with van der Waals surface area (Å²) < 4.78 is 0. The Bertz CT molecular complexity index is 763. The smallest absolute Gasteiger partial charge is 0.0999 e. The third-order valence-electron chi connectivity index (χ3n) is 3.58. The lowest BCUT2D eigenvalue weighted by molar-refractivity contribution is 0.335. The van der Waals surface area contributed by atoms with E-state index >= 15 is 0 Å². The van der Waals surface area contributed by atoms with Crippen LogP contribution in [0.25, 0.3) is 0 Å². The first-order valence-electron chi connectivity index (χ1n) is 6.86. The van der Waals surface area contributed by atoms with E-state index in [0.29, 0.717) is 28.8 Å². The van der Waals surface area contributed by atoms with Crippen LogP contribution in [0.4, 0.5) is 0 Å². The van der Waals surface area contributed by atoms with Crippen LogP contribution in [0, 0.1) is 11.3 Å². The van der Waals surface area contributed by atoms with Gasteiger partial charge in [0.1, 0.15) is 0 Å². The summed E-state index contributed by atoms with van der Waals surface area (Å²) in [5, 5.41) is 10.1. The van der Waals surface area contributed by atoms with Gasteiger partial charge in [-0.25, -0.2) is 0 Å². The highest BCUT2D eigenvalue weighted by Crippen LogP contribution is 2.27. The van der Waals surface area contributed by atoms with Crippen LogP contribution < -0.4 is 0 Å². The Labute approximate surface area is 139 Å². The number of halogens is 2. The molecule has 0 unspecified atom stereocenters. The first-order valence-corrected chi connectivity index (χ1v) is 7.62. The lowest BCUT2D eigenvalue weighted by Gasteiger charge is -2.14. The maximum atomic E-state index is 9.27. The van der Waals surface area contributed by atoms with E-state index in [-0.39, 0.29) is 0 Å². The fourth-order valence-electron chi connectivity index (χ4n) is 2.49. The summed E-state index contributed by atoms with van der Waals surface area (Å²) in [6.45, 7) is 2.15. The predicted molar refractivity (Wildman–Crippen MR) is 89.4 cm³/mol. The summed E-state index contributed by atoms with van der Waals surface area (Å²) in [4.78, 5) is 6.77. The Morgan fingerprint density at radius 2 is 1.86 bits per heavy atom. The van der Waals surface area contributed by atoms with Gasteiger partial charge in [0.25, 0.3) is 0 Å². The Kier molecular flexibility index (Phi) is 4.44. The Morgan fingerprint density at radius 1 is 1.14 bits per heavy atom. The lowest BCUT2D eigenvalue weighted by atomic mass is 10.0. The molecular formula is C17H13Cl2N3. The molecule has 0 atom stereocenters. The number of rotatable bonds is 3. The number of nitrogens with zero attached hydrogens (tertiary/aromatic N) is 3. The SMILES string of the molecule is N#Cc1cc(Cl)c(Cl)cc1C1=NCN(Cc2ccccc2)C1. The van der Waals surface area contributed by atoms with Crippen LogP contribution in [0.5, 0.6) is 0 Å². The van der Waals surface area contributed by atoms with E-state index < -0.39 is 0 Å². The molecule has 0 aliphatic carbocycles. The van der Waals surface area contributed by atoms with Gasteiger partial charge in [-0.1, -0.05) is 53.5 Å². The van der Waals surface area contributed by atoms with Crippen LogP contribution in [0.3, 0.4) is 0 Å². The van der Waals surface area contributed by atoms with Crippen molar-refractivity contribution in [3.05, 3.63) is 69.2 Å². The van der Waals surface area contributed by atoms with Crippen molar-refractivity contribution in [1.82, 2.24) is 4.90 Å². The molecule has 0 saturated carbocycles. The van der Waals surface area contributed by atoms with Crippen molar-refractivity contribution < 1.29 is 0 Å². The van der Waals surface area contributed by atoms with Gasteiger partial charge in [-0.3, -0.25) is 9.89 Å². The van der Waals surface area contributed by atoms with Gasteiger partial charge in [0.15, 0.2) is 0 Å². The van der Waals surface area contributed by atoms with Crippen LogP contribution in [0.15, 0.2) is 47.5 Å². The number of aliphatic imine (C=N–C) groups is 1. The second kappa shape index (κ2) is 6.50. The first-order chi connectivity index (χ1) is 10.7. The molecule has 0 N–H and O–H groups in total. The van der Waals surface area contributed by atoms with E-state index in [4.69, 9.17) is 23.2 Å². The van der Waals surface area contributed by atoms with Gasteiger partial charge in [0, 0.05) is 18.7 Å².